The highest BCUT2D eigenvalue weighted by Gasteiger charge is 2.07. The Balaban J connectivity index is 2.65. The van der Waals surface area contributed by atoms with Gasteiger partial charge < -0.3 is 4.74 Å². The van der Waals surface area contributed by atoms with Crippen molar-refractivity contribution in [2.24, 2.45) is 0 Å². The summed E-state index contributed by atoms with van der Waals surface area (Å²) in [4.78, 5) is 18.2. The molecule has 0 aliphatic rings. The second kappa shape index (κ2) is 3.80. The third-order valence-corrected chi connectivity index (χ3v) is 1.39. The van der Waals surface area contributed by atoms with Crippen molar-refractivity contribution in [3.63, 3.8) is 0 Å². The van der Waals surface area contributed by atoms with Gasteiger partial charge in [0.15, 0.2) is 0 Å². The smallest absolute Gasteiger partial charge is 0.303 e. The van der Waals surface area contributed by atoms with Crippen LogP contribution in [0.15, 0.2) is 18.7 Å². The van der Waals surface area contributed by atoms with E-state index in [4.69, 9.17) is 4.74 Å². The van der Waals surface area contributed by atoms with Crippen LogP contribution in [-0.4, -0.2) is 15.9 Å². The fourth-order valence-corrected chi connectivity index (χ4v) is 0.838. The van der Waals surface area contributed by atoms with Crippen molar-refractivity contribution < 1.29 is 9.53 Å². The van der Waals surface area contributed by atoms with Gasteiger partial charge in [0.1, 0.15) is 12.4 Å². The summed E-state index contributed by atoms with van der Waals surface area (Å²) in [6.45, 7) is 3.15. The summed E-state index contributed by atoms with van der Waals surface area (Å²) in [6, 6.07) is 0. The normalized spacial score (nSPS) is 12.2. The molecular weight excluding hydrogens is 156 g/mol. The lowest BCUT2D eigenvalue weighted by Crippen LogP contribution is -2.05. The lowest BCUT2D eigenvalue weighted by molar-refractivity contribution is -0.145. The van der Waals surface area contributed by atoms with Crippen LogP contribution in [0.25, 0.3) is 0 Å². The van der Waals surface area contributed by atoms with E-state index in [9.17, 15) is 4.79 Å². The average molecular weight is 166 g/mol. The molecule has 64 valence electrons. The maximum atomic E-state index is 10.6. The Kier molecular flexibility index (Phi) is 2.74. The molecule has 1 atom stereocenters. The molecule has 1 aromatic heterocycles. The Morgan fingerprint density at radius 3 is 2.58 bits per heavy atom. The highest BCUT2D eigenvalue weighted by Crippen LogP contribution is 2.13. The molecule has 0 aromatic carbocycles. The van der Waals surface area contributed by atoms with E-state index in [1.54, 1.807) is 19.3 Å². The molecule has 4 nitrogen and oxygen atoms in total. The van der Waals surface area contributed by atoms with Crippen LogP contribution in [-0.2, 0) is 9.53 Å². The molecule has 0 aliphatic carbocycles. The van der Waals surface area contributed by atoms with Gasteiger partial charge in [-0.2, -0.15) is 0 Å². The maximum Gasteiger partial charge on any atom is 0.303 e. The van der Waals surface area contributed by atoms with Gasteiger partial charge in [-0.15, -0.1) is 0 Å². The second-order valence-corrected chi connectivity index (χ2v) is 2.42. The van der Waals surface area contributed by atoms with Crippen molar-refractivity contribution in [1.82, 2.24) is 9.97 Å². The average Bonchev–Trinajstić information content (AvgIpc) is 2.05. The van der Waals surface area contributed by atoms with Crippen LogP contribution in [0.1, 0.15) is 25.5 Å². The Hall–Kier alpha value is -1.45. The summed E-state index contributed by atoms with van der Waals surface area (Å²) in [7, 11) is 0. The molecule has 1 aromatic rings. The standard InChI is InChI=1S/C8H10N2O2/c1-6(12-7(2)11)8-3-9-5-10-4-8/h3-6H,1-2H3. The summed E-state index contributed by atoms with van der Waals surface area (Å²) in [5, 5.41) is 0. The Morgan fingerprint density at radius 1 is 1.50 bits per heavy atom. The first-order chi connectivity index (χ1) is 5.70. The quantitative estimate of drug-likeness (QED) is 0.617. The van der Waals surface area contributed by atoms with Crippen molar-refractivity contribution >= 4 is 5.97 Å². The van der Waals surface area contributed by atoms with Crippen molar-refractivity contribution in [3.05, 3.63) is 24.3 Å². The zero-order valence-corrected chi connectivity index (χ0v) is 7.02. The number of rotatable bonds is 2. The molecule has 0 saturated carbocycles. The minimum absolute atomic E-state index is 0.274. The first-order valence-corrected chi connectivity index (χ1v) is 3.62. The van der Waals surface area contributed by atoms with E-state index in [0.29, 0.717) is 0 Å². The summed E-state index contributed by atoms with van der Waals surface area (Å²) in [6.07, 6.45) is 4.41. The number of carbonyl (C=O) groups is 1. The van der Waals surface area contributed by atoms with Gasteiger partial charge >= 0.3 is 5.97 Å². The van der Waals surface area contributed by atoms with Crippen LogP contribution in [0.5, 0.6) is 0 Å². The summed E-state index contributed by atoms with van der Waals surface area (Å²) >= 11 is 0. The van der Waals surface area contributed by atoms with Gasteiger partial charge in [0.25, 0.3) is 0 Å². The monoisotopic (exact) mass is 166 g/mol. The third-order valence-electron chi connectivity index (χ3n) is 1.39. The van der Waals surface area contributed by atoms with Gasteiger partial charge in [-0.1, -0.05) is 0 Å². The lowest BCUT2D eigenvalue weighted by Gasteiger charge is -2.09. The molecule has 1 heterocycles. The molecule has 1 unspecified atom stereocenters. The number of carbonyl (C=O) groups excluding carboxylic acids is 1. The number of hydrogen-bond acceptors (Lipinski definition) is 4. The van der Waals surface area contributed by atoms with Crippen molar-refractivity contribution in [3.8, 4) is 0 Å². The molecule has 0 amide bonds. The van der Waals surface area contributed by atoms with Crippen molar-refractivity contribution in [1.29, 1.82) is 0 Å². The molecule has 0 radical (unpaired) electrons. The number of nitrogens with zero attached hydrogens (tertiary/aromatic N) is 2. The lowest BCUT2D eigenvalue weighted by atomic mass is 10.2. The summed E-state index contributed by atoms with van der Waals surface area (Å²) in [5.41, 5.74) is 0.799. The fourth-order valence-electron chi connectivity index (χ4n) is 0.838. The van der Waals surface area contributed by atoms with E-state index >= 15 is 0 Å². The van der Waals surface area contributed by atoms with E-state index in [0.717, 1.165) is 5.56 Å². The number of ether oxygens (including phenoxy) is 1. The van der Waals surface area contributed by atoms with Gasteiger partial charge in [-0.25, -0.2) is 9.97 Å². The minimum Gasteiger partial charge on any atom is -0.458 e. The fraction of sp³-hybridized carbons (Fsp3) is 0.375. The molecular formula is C8H10N2O2. The van der Waals surface area contributed by atoms with Crippen LogP contribution in [0.2, 0.25) is 0 Å². The van der Waals surface area contributed by atoms with Crippen LogP contribution in [0.4, 0.5) is 0 Å². The van der Waals surface area contributed by atoms with Crippen LogP contribution in [0.3, 0.4) is 0 Å². The van der Waals surface area contributed by atoms with E-state index in [1.165, 1.54) is 13.3 Å². The highest BCUT2D eigenvalue weighted by atomic mass is 16.5. The van der Waals surface area contributed by atoms with Crippen LogP contribution < -0.4 is 0 Å². The zero-order valence-electron chi connectivity index (χ0n) is 7.02. The topological polar surface area (TPSA) is 52.1 Å². The predicted molar refractivity (Wildman–Crippen MR) is 42.2 cm³/mol. The van der Waals surface area contributed by atoms with Gasteiger partial charge in [-0.05, 0) is 6.92 Å². The Labute approximate surface area is 70.6 Å². The van der Waals surface area contributed by atoms with E-state index in [2.05, 4.69) is 9.97 Å². The first-order valence-electron chi connectivity index (χ1n) is 3.62. The van der Waals surface area contributed by atoms with Crippen molar-refractivity contribution in [2.75, 3.05) is 0 Å². The molecule has 0 aliphatic heterocycles. The van der Waals surface area contributed by atoms with E-state index in [1.807, 2.05) is 0 Å². The van der Waals surface area contributed by atoms with Gasteiger partial charge in [0, 0.05) is 24.9 Å². The molecule has 12 heavy (non-hydrogen) atoms. The molecule has 0 saturated heterocycles. The van der Waals surface area contributed by atoms with Gasteiger partial charge in [0.2, 0.25) is 0 Å². The predicted octanol–water partition coefficient (Wildman–Crippen LogP) is 1.10. The Morgan fingerprint density at radius 2 is 2.08 bits per heavy atom. The highest BCUT2D eigenvalue weighted by molar-refractivity contribution is 5.66. The number of hydrogen-bond donors (Lipinski definition) is 0. The van der Waals surface area contributed by atoms with Gasteiger partial charge in [-0.3, -0.25) is 4.79 Å². The Bertz CT molecular complexity index is 261. The minimum atomic E-state index is -0.300. The molecule has 0 spiro atoms. The molecule has 0 N–H and O–H groups in total. The SMILES string of the molecule is CC(=O)OC(C)c1cncnc1. The van der Waals surface area contributed by atoms with Crippen molar-refractivity contribution in [2.45, 2.75) is 20.0 Å². The molecule has 0 fully saturated rings. The molecule has 4 heteroatoms. The van der Waals surface area contributed by atoms with E-state index in [-0.39, 0.29) is 12.1 Å². The van der Waals surface area contributed by atoms with Gasteiger partial charge in [0.05, 0.1) is 0 Å². The maximum absolute atomic E-state index is 10.6. The first kappa shape index (κ1) is 8.64. The number of esters is 1. The third kappa shape index (κ3) is 2.30. The molecule has 0 bridgehead atoms. The van der Waals surface area contributed by atoms with E-state index < -0.39 is 0 Å². The summed E-state index contributed by atoms with van der Waals surface area (Å²) < 4.78 is 4.92. The molecule has 1 rings (SSSR count). The number of aromatic nitrogens is 2. The largest absolute Gasteiger partial charge is 0.458 e. The summed E-state index contributed by atoms with van der Waals surface area (Å²) in [5.74, 6) is -0.300. The van der Waals surface area contributed by atoms with Crippen LogP contribution >= 0.6 is 0 Å². The zero-order chi connectivity index (χ0) is 8.97. The van der Waals surface area contributed by atoms with Crippen LogP contribution in [0, 0.1) is 0 Å². The second-order valence-electron chi connectivity index (χ2n) is 2.42.